The molecule has 1 heterocycles. The summed E-state index contributed by atoms with van der Waals surface area (Å²) in [6, 6.07) is 5.39. The molecule has 19 heavy (non-hydrogen) atoms. The summed E-state index contributed by atoms with van der Waals surface area (Å²) in [5.41, 5.74) is 6.65. The molecule has 1 aromatic rings. The van der Waals surface area contributed by atoms with Crippen molar-refractivity contribution in [2.75, 3.05) is 18.0 Å². The van der Waals surface area contributed by atoms with E-state index >= 15 is 0 Å². The van der Waals surface area contributed by atoms with Crippen molar-refractivity contribution >= 4 is 27.3 Å². The minimum Gasteiger partial charge on any atom is -0.362 e. The largest absolute Gasteiger partial charge is 0.362 e. The lowest BCUT2D eigenvalue weighted by Gasteiger charge is -2.39. The number of benzene rings is 1. The molecule has 2 atom stereocenters. The van der Waals surface area contributed by atoms with Crippen LogP contribution in [0.15, 0.2) is 22.7 Å². The van der Waals surface area contributed by atoms with Gasteiger partial charge in [0.05, 0.1) is 4.92 Å². The first kappa shape index (κ1) is 14.3. The van der Waals surface area contributed by atoms with E-state index < -0.39 is 0 Å². The Hall–Kier alpha value is -1.14. The lowest BCUT2D eigenvalue weighted by Crippen LogP contribution is -2.46. The fourth-order valence-electron chi connectivity index (χ4n) is 2.68. The number of nitrogens with two attached hydrogens (primary N) is 1. The number of rotatable bonds is 3. The molecular weight excluding hydrogens is 310 g/mol. The molecule has 104 valence electrons. The van der Waals surface area contributed by atoms with Gasteiger partial charge in [-0.3, -0.25) is 10.1 Å². The molecule has 0 saturated carbocycles. The zero-order chi connectivity index (χ0) is 14.0. The first-order valence-electron chi connectivity index (χ1n) is 6.43. The van der Waals surface area contributed by atoms with E-state index in [1.54, 1.807) is 12.1 Å². The minimum atomic E-state index is -0.328. The predicted molar refractivity (Wildman–Crippen MR) is 79.4 cm³/mol. The fraction of sp³-hybridized carbons (Fsp3) is 0.538. The van der Waals surface area contributed by atoms with E-state index in [1.807, 2.05) is 6.07 Å². The van der Waals surface area contributed by atoms with Crippen molar-refractivity contribution in [3.05, 3.63) is 32.8 Å². The molecule has 2 rings (SSSR count). The number of nitro benzene ring substituents is 1. The van der Waals surface area contributed by atoms with Crippen molar-refractivity contribution in [1.82, 2.24) is 0 Å². The van der Waals surface area contributed by atoms with Crippen LogP contribution in [0.4, 0.5) is 11.4 Å². The minimum absolute atomic E-state index is 0.141. The van der Waals surface area contributed by atoms with Gasteiger partial charge in [-0.25, -0.2) is 0 Å². The summed E-state index contributed by atoms with van der Waals surface area (Å²) in [6.07, 6.45) is 2.04. The third-order valence-electron chi connectivity index (χ3n) is 3.69. The maximum atomic E-state index is 11.2. The van der Waals surface area contributed by atoms with E-state index in [9.17, 15) is 10.1 Å². The summed E-state index contributed by atoms with van der Waals surface area (Å²) in [5.74, 6) is 0.624. The zero-order valence-corrected chi connectivity index (χ0v) is 12.5. The molecule has 6 heteroatoms. The quantitative estimate of drug-likeness (QED) is 0.684. The SMILES string of the molecule is CC1CCN(c2ccc(Br)cc2[N+](=O)[O-])C(CN)C1. The van der Waals surface area contributed by atoms with Gasteiger partial charge in [-0.15, -0.1) is 0 Å². The third kappa shape index (κ3) is 3.06. The van der Waals surface area contributed by atoms with Crippen LogP contribution in [0, 0.1) is 16.0 Å². The van der Waals surface area contributed by atoms with Gasteiger partial charge in [0.2, 0.25) is 0 Å². The van der Waals surface area contributed by atoms with Crippen LogP contribution in [0.2, 0.25) is 0 Å². The lowest BCUT2D eigenvalue weighted by molar-refractivity contribution is -0.384. The predicted octanol–water partition coefficient (Wildman–Crippen LogP) is 2.92. The molecule has 0 radical (unpaired) electrons. The van der Waals surface area contributed by atoms with Crippen LogP contribution in [-0.2, 0) is 0 Å². The number of hydrogen-bond donors (Lipinski definition) is 1. The number of anilines is 1. The fourth-order valence-corrected chi connectivity index (χ4v) is 3.03. The Labute approximate surface area is 121 Å². The standard InChI is InChI=1S/C13H18BrN3O2/c1-9-4-5-16(11(6-9)8-15)12-3-2-10(14)7-13(12)17(18)19/h2-3,7,9,11H,4-6,8,15H2,1H3. The van der Waals surface area contributed by atoms with Gasteiger partial charge in [-0.05, 0) is 30.9 Å². The third-order valence-corrected chi connectivity index (χ3v) is 4.19. The molecule has 2 N–H and O–H groups in total. The molecule has 0 spiro atoms. The number of hydrogen-bond acceptors (Lipinski definition) is 4. The van der Waals surface area contributed by atoms with E-state index in [0.717, 1.165) is 23.9 Å². The van der Waals surface area contributed by atoms with E-state index in [2.05, 4.69) is 27.8 Å². The molecule has 1 aromatic carbocycles. The van der Waals surface area contributed by atoms with Gasteiger partial charge in [0.25, 0.3) is 5.69 Å². The van der Waals surface area contributed by atoms with Crippen molar-refractivity contribution < 1.29 is 4.92 Å². The zero-order valence-electron chi connectivity index (χ0n) is 10.9. The molecule has 1 fully saturated rings. The van der Waals surface area contributed by atoms with Crippen LogP contribution in [0.1, 0.15) is 19.8 Å². The van der Waals surface area contributed by atoms with Crippen molar-refractivity contribution in [1.29, 1.82) is 0 Å². The van der Waals surface area contributed by atoms with Gasteiger partial charge in [0.15, 0.2) is 0 Å². The summed E-state index contributed by atoms with van der Waals surface area (Å²) >= 11 is 3.28. The second-order valence-corrected chi connectivity index (χ2v) is 6.02. The molecule has 2 unspecified atom stereocenters. The normalized spacial score (nSPS) is 23.4. The highest BCUT2D eigenvalue weighted by molar-refractivity contribution is 9.10. The summed E-state index contributed by atoms with van der Waals surface area (Å²) < 4.78 is 0.720. The number of nitrogens with zero attached hydrogens (tertiary/aromatic N) is 2. The molecule has 5 nitrogen and oxygen atoms in total. The second-order valence-electron chi connectivity index (χ2n) is 5.10. The molecule has 0 bridgehead atoms. The Kier molecular flexibility index (Phi) is 4.42. The van der Waals surface area contributed by atoms with Gasteiger partial charge in [-0.2, -0.15) is 0 Å². The van der Waals surface area contributed by atoms with Crippen LogP contribution in [0.3, 0.4) is 0 Å². The molecular formula is C13H18BrN3O2. The van der Waals surface area contributed by atoms with Crippen LogP contribution >= 0.6 is 15.9 Å². The van der Waals surface area contributed by atoms with Crippen molar-refractivity contribution in [3.8, 4) is 0 Å². The smallest absolute Gasteiger partial charge is 0.293 e. The van der Waals surface area contributed by atoms with Crippen LogP contribution < -0.4 is 10.6 Å². The first-order chi connectivity index (χ1) is 9.02. The van der Waals surface area contributed by atoms with E-state index in [4.69, 9.17) is 5.73 Å². The summed E-state index contributed by atoms with van der Waals surface area (Å²) in [5, 5.41) is 11.2. The van der Waals surface area contributed by atoms with E-state index in [0.29, 0.717) is 18.2 Å². The van der Waals surface area contributed by atoms with Crippen molar-refractivity contribution in [3.63, 3.8) is 0 Å². The van der Waals surface area contributed by atoms with Crippen LogP contribution in [0.25, 0.3) is 0 Å². The molecule has 0 aromatic heterocycles. The van der Waals surface area contributed by atoms with Gasteiger partial charge in [0.1, 0.15) is 5.69 Å². The van der Waals surface area contributed by atoms with Crippen molar-refractivity contribution in [2.24, 2.45) is 11.7 Å². The maximum Gasteiger partial charge on any atom is 0.293 e. The highest BCUT2D eigenvalue weighted by Crippen LogP contribution is 2.35. The maximum absolute atomic E-state index is 11.2. The topological polar surface area (TPSA) is 72.4 Å². The van der Waals surface area contributed by atoms with E-state index in [1.165, 1.54) is 0 Å². The highest BCUT2D eigenvalue weighted by atomic mass is 79.9. The molecule has 1 saturated heterocycles. The Morgan fingerprint density at radius 2 is 2.32 bits per heavy atom. The Bertz CT molecular complexity index is 481. The molecule has 0 aliphatic carbocycles. The highest BCUT2D eigenvalue weighted by Gasteiger charge is 2.29. The number of halogens is 1. The monoisotopic (exact) mass is 327 g/mol. The van der Waals surface area contributed by atoms with Crippen LogP contribution in [-0.4, -0.2) is 24.1 Å². The second kappa shape index (κ2) is 5.88. The number of nitro groups is 1. The van der Waals surface area contributed by atoms with Crippen LogP contribution in [0.5, 0.6) is 0 Å². The first-order valence-corrected chi connectivity index (χ1v) is 7.23. The summed E-state index contributed by atoms with van der Waals surface area (Å²) in [6.45, 7) is 3.55. The average molecular weight is 328 g/mol. The molecule has 1 aliphatic rings. The summed E-state index contributed by atoms with van der Waals surface area (Å²) in [4.78, 5) is 13.0. The van der Waals surface area contributed by atoms with E-state index in [-0.39, 0.29) is 16.7 Å². The Balaban J connectivity index is 2.37. The van der Waals surface area contributed by atoms with Gasteiger partial charge < -0.3 is 10.6 Å². The molecule has 1 aliphatic heterocycles. The van der Waals surface area contributed by atoms with Gasteiger partial charge >= 0.3 is 0 Å². The lowest BCUT2D eigenvalue weighted by atomic mass is 9.92. The Morgan fingerprint density at radius 3 is 2.95 bits per heavy atom. The van der Waals surface area contributed by atoms with Gasteiger partial charge in [0, 0.05) is 29.7 Å². The average Bonchev–Trinajstić information content (AvgIpc) is 2.38. The van der Waals surface area contributed by atoms with Gasteiger partial charge in [-0.1, -0.05) is 22.9 Å². The van der Waals surface area contributed by atoms with Crippen molar-refractivity contribution in [2.45, 2.75) is 25.8 Å². The number of piperidine rings is 1. The Morgan fingerprint density at radius 1 is 1.58 bits per heavy atom. The molecule has 0 amide bonds. The summed E-state index contributed by atoms with van der Waals surface area (Å²) in [7, 11) is 0.